The highest BCUT2D eigenvalue weighted by Gasteiger charge is 2.02. The summed E-state index contributed by atoms with van der Waals surface area (Å²) in [6.07, 6.45) is 0. The smallest absolute Gasteiger partial charge is 0.130 e. The second-order valence-corrected chi connectivity index (χ2v) is 4.93. The van der Waals surface area contributed by atoms with Gasteiger partial charge >= 0.3 is 0 Å². The normalized spacial score (nSPS) is 10.7. The van der Waals surface area contributed by atoms with Crippen LogP contribution in [0.5, 0.6) is 0 Å². The fourth-order valence-electron chi connectivity index (χ4n) is 2.44. The Balaban J connectivity index is 1.87. The predicted octanol–water partition coefficient (Wildman–Crippen LogP) is 3.86. The van der Waals surface area contributed by atoms with E-state index in [9.17, 15) is 0 Å². The minimum atomic E-state index is 0.761. The van der Waals surface area contributed by atoms with Crippen molar-refractivity contribution in [2.75, 3.05) is 5.32 Å². The molecule has 0 aliphatic heterocycles. The zero-order valence-electron chi connectivity index (χ0n) is 11.7. The van der Waals surface area contributed by atoms with E-state index in [-0.39, 0.29) is 0 Å². The minimum absolute atomic E-state index is 0.761. The van der Waals surface area contributed by atoms with Gasteiger partial charge in [0.2, 0.25) is 0 Å². The van der Waals surface area contributed by atoms with Crippen LogP contribution in [0.25, 0.3) is 10.8 Å². The monoisotopic (exact) mass is 263 g/mol. The molecule has 0 radical (unpaired) electrons. The van der Waals surface area contributed by atoms with Gasteiger partial charge in [0.25, 0.3) is 0 Å². The molecule has 1 aromatic heterocycles. The van der Waals surface area contributed by atoms with Crippen LogP contribution in [0.3, 0.4) is 0 Å². The molecule has 0 fully saturated rings. The number of aryl methyl sites for hydroxylation is 2. The third-order valence-electron chi connectivity index (χ3n) is 3.31. The van der Waals surface area contributed by atoms with E-state index in [1.807, 2.05) is 19.9 Å². The average molecular weight is 263 g/mol. The Kier molecular flexibility index (Phi) is 3.33. The van der Waals surface area contributed by atoms with Crippen molar-refractivity contribution in [3.05, 3.63) is 65.6 Å². The second-order valence-electron chi connectivity index (χ2n) is 4.93. The summed E-state index contributed by atoms with van der Waals surface area (Å²) in [7, 11) is 0. The predicted molar refractivity (Wildman–Crippen MR) is 82.8 cm³/mol. The van der Waals surface area contributed by atoms with E-state index in [1.54, 1.807) is 0 Å². The molecule has 1 heterocycles. The van der Waals surface area contributed by atoms with Crippen molar-refractivity contribution >= 4 is 16.6 Å². The molecular weight excluding hydrogens is 246 g/mol. The Labute approximate surface area is 118 Å². The summed E-state index contributed by atoms with van der Waals surface area (Å²) in [6.45, 7) is 4.66. The van der Waals surface area contributed by atoms with Crippen LogP contribution in [0.4, 0.5) is 5.82 Å². The van der Waals surface area contributed by atoms with Crippen molar-refractivity contribution < 1.29 is 0 Å². The van der Waals surface area contributed by atoms with Crippen LogP contribution in [0.2, 0.25) is 0 Å². The van der Waals surface area contributed by atoms with Crippen LogP contribution in [0.1, 0.15) is 17.1 Å². The van der Waals surface area contributed by atoms with Crippen LogP contribution < -0.4 is 5.32 Å². The molecule has 1 N–H and O–H groups in total. The van der Waals surface area contributed by atoms with E-state index >= 15 is 0 Å². The number of aromatic nitrogens is 2. The fraction of sp³-hybridized carbons (Fsp3) is 0.176. The molecule has 20 heavy (non-hydrogen) atoms. The number of hydrogen-bond acceptors (Lipinski definition) is 3. The summed E-state index contributed by atoms with van der Waals surface area (Å²) in [5.74, 6) is 1.67. The molecule has 100 valence electrons. The molecule has 0 bridgehead atoms. The quantitative estimate of drug-likeness (QED) is 0.779. The van der Waals surface area contributed by atoms with Crippen molar-refractivity contribution in [2.24, 2.45) is 0 Å². The SMILES string of the molecule is Cc1cc(NCc2cccc3ccccc23)nc(C)n1. The molecule has 3 nitrogen and oxygen atoms in total. The highest BCUT2D eigenvalue weighted by atomic mass is 15.0. The standard InChI is InChI=1S/C17H17N3/c1-12-10-17(20-13(2)19-12)18-11-15-8-5-7-14-6-3-4-9-16(14)15/h3-10H,11H2,1-2H3,(H,18,19,20). The lowest BCUT2D eigenvalue weighted by Crippen LogP contribution is -2.04. The molecule has 0 unspecified atom stereocenters. The maximum Gasteiger partial charge on any atom is 0.130 e. The summed E-state index contributed by atoms with van der Waals surface area (Å²) in [4.78, 5) is 8.70. The number of rotatable bonds is 3. The van der Waals surface area contributed by atoms with Gasteiger partial charge in [-0.15, -0.1) is 0 Å². The van der Waals surface area contributed by atoms with E-state index in [2.05, 4.69) is 57.7 Å². The second kappa shape index (κ2) is 5.29. The van der Waals surface area contributed by atoms with Gasteiger partial charge in [-0.3, -0.25) is 0 Å². The van der Waals surface area contributed by atoms with Crippen molar-refractivity contribution in [2.45, 2.75) is 20.4 Å². The number of benzene rings is 2. The molecule has 3 aromatic rings. The molecule has 0 spiro atoms. The van der Waals surface area contributed by atoms with Crippen molar-refractivity contribution in [3.63, 3.8) is 0 Å². The van der Waals surface area contributed by atoms with Gasteiger partial charge in [0.15, 0.2) is 0 Å². The first-order valence-electron chi connectivity index (χ1n) is 6.75. The van der Waals surface area contributed by atoms with Crippen molar-refractivity contribution in [1.82, 2.24) is 9.97 Å². The summed E-state index contributed by atoms with van der Waals surface area (Å²) in [5, 5.41) is 5.93. The first-order valence-corrected chi connectivity index (χ1v) is 6.75. The highest BCUT2D eigenvalue weighted by Crippen LogP contribution is 2.19. The van der Waals surface area contributed by atoms with Gasteiger partial charge in [-0.2, -0.15) is 0 Å². The molecule has 0 aliphatic rings. The maximum atomic E-state index is 4.41. The van der Waals surface area contributed by atoms with Gasteiger partial charge < -0.3 is 5.32 Å². The lowest BCUT2D eigenvalue weighted by Gasteiger charge is -2.09. The van der Waals surface area contributed by atoms with Crippen molar-refractivity contribution in [3.8, 4) is 0 Å². The van der Waals surface area contributed by atoms with Gasteiger partial charge in [0.05, 0.1) is 0 Å². The molecule has 0 saturated carbocycles. The number of fused-ring (bicyclic) bond motifs is 1. The lowest BCUT2D eigenvalue weighted by molar-refractivity contribution is 0.993. The Morgan fingerprint density at radius 3 is 2.60 bits per heavy atom. The zero-order valence-corrected chi connectivity index (χ0v) is 11.7. The van der Waals surface area contributed by atoms with E-state index in [1.165, 1.54) is 16.3 Å². The summed E-state index contributed by atoms with van der Waals surface area (Å²) < 4.78 is 0. The Hall–Kier alpha value is -2.42. The summed E-state index contributed by atoms with van der Waals surface area (Å²) >= 11 is 0. The van der Waals surface area contributed by atoms with Gasteiger partial charge in [-0.1, -0.05) is 42.5 Å². The zero-order chi connectivity index (χ0) is 13.9. The third-order valence-corrected chi connectivity index (χ3v) is 3.31. The maximum absolute atomic E-state index is 4.41. The summed E-state index contributed by atoms with van der Waals surface area (Å²) in [5.41, 5.74) is 2.26. The molecule has 2 aromatic carbocycles. The van der Waals surface area contributed by atoms with E-state index in [4.69, 9.17) is 0 Å². The Bertz CT molecular complexity index is 725. The first kappa shape index (κ1) is 12.6. The van der Waals surface area contributed by atoms with E-state index in [0.29, 0.717) is 0 Å². The molecule has 0 saturated heterocycles. The van der Waals surface area contributed by atoms with E-state index in [0.717, 1.165) is 23.9 Å². The molecule has 3 heteroatoms. The molecule has 3 rings (SSSR count). The van der Waals surface area contributed by atoms with Gasteiger partial charge in [0.1, 0.15) is 11.6 Å². The van der Waals surface area contributed by atoms with Crippen LogP contribution in [-0.4, -0.2) is 9.97 Å². The fourth-order valence-corrected chi connectivity index (χ4v) is 2.44. The molecule has 0 atom stereocenters. The topological polar surface area (TPSA) is 37.8 Å². The van der Waals surface area contributed by atoms with Gasteiger partial charge in [-0.25, -0.2) is 9.97 Å². The van der Waals surface area contributed by atoms with E-state index < -0.39 is 0 Å². The number of nitrogens with zero attached hydrogens (tertiary/aromatic N) is 2. The largest absolute Gasteiger partial charge is 0.366 e. The van der Waals surface area contributed by atoms with Crippen LogP contribution >= 0.6 is 0 Å². The minimum Gasteiger partial charge on any atom is -0.366 e. The number of anilines is 1. The lowest BCUT2D eigenvalue weighted by atomic mass is 10.0. The average Bonchev–Trinajstić information content (AvgIpc) is 2.44. The third kappa shape index (κ3) is 2.62. The van der Waals surface area contributed by atoms with Crippen molar-refractivity contribution in [1.29, 1.82) is 0 Å². The van der Waals surface area contributed by atoms with Gasteiger partial charge in [-0.05, 0) is 30.2 Å². The van der Waals surface area contributed by atoms with Crippen LogP contribution in [-0.2, 0) is 6.54 Å². The Morgan fingerprint density at radius 2 is 1.75 bits per heavy atom. The summed E-state index contributed by atoms with van der Waals surface area (Å²) in [6, 6.07) is 16.8. The van der Waals surface area contributed by atoms with Crippen LogP contribution in [0.15, 0.2) is 48.5 Å². The molecular formula is C17H17N3. The number of hydrogen-bond donors (Lipinski definition) is 1. The first-order chi connectivity index (χ1) is 9.72. The van der Waals surface area contributed by atoms with Crippen LogP contribution in [0, 0.1) is 13.8 Å². The number of nitrogens with one attached hydrogen (secondary N) is 1. The highest BCUT2D eigenvalue weighted by molar-refractivity contribution is 5.85. The molecule has 0 amide bonds. The van der Waals surface area contributed by atoms with Gasteiger partial charge in [0, 0.05) is 18.3 Å². The molecule has 0 aliphatic carbocycles. The Morgan fingerprint density at radius 1 is 0.950 bits per heavy atom.